The van der Waals surface area contributed by atoms with Crippen molar-refractivity contribution < 1.29 is 42.1 Å². The van der Waals surface area contributed by atoms with Crippen LogP contribution in [-0.4, -0.2) is 50.2 Å². The third-order valence-corrected chi connectivity index (χ3v) is 5.81. The summed E-state index contributed by atoms with van der Waals surface area (Å²) in [6.45, 7) is 0. The summed E-state index contributed by atoms with van der Waals surface area (Å²) in [5, 5.41) is 15.9. The fourth-order valence-corrected chi connectivity index (χ4v) is 4.24. The Kier molecular flexibility index (Phi) is 6.05. The maximum Gasteiger partial charge on any atom is 0.437 e. The van der Waals surface area contributed by atoms with Gasteiger partial charge in [-0.15, -0.1) is 11.3 Å². The number of benzene rings is 1. The van der Waals surface area contributed by atoms with Gasteiger partial charge in [-0.2, -0.15) is 13.2 Å². The van der Waals surface area contributed by atoms with Gasteiger partial charge in [-0.25, -0.2) is 4.79 Å². The second-order valence-electron chi connectivity index (χ2n) is 6.58. The predicted molar refractivity (Wildman–Crippen MR) is 104 cm³/mol. The Bertz CT molecular complexity index is 982. The first-order valence-electron chi connectivity index (χ1n) is 8.83. The second-order valence-corrected chi connectivity index (χ2v) is 7.53. The molecular formula is C19H19F3N2O6S. The quantitative estimate of drug-likeness (QED) is 0.573. The van der Waals surface area contributed by atoms with Crippen molar-refractivity contribution in [1.82, 2.24) is 10.6 Å². The molecule has 168 valence electrons. The number of nitrogens with one attached hydrogen (secondary N) is 2. The molecule has 2 amide bonds. The van der Waals surface area contributed by atoms with Gasteiger partial charge in [0.05, 0.1) is 32.2 Å². The van der Waals surface area contributed by atoms with Crippen molar-refractivity contribution in [2.75, 3.05) is 21.3 Å². The van der Waals surface area contributed by atoms with Gasteiger partial charge in [-0.3, -0.25) is 4.79 Å². The molecule has 1 aromatic heterocycles. The van der Waals surface area contributed by atoms with Crippen molar-refractivity contribution in [3.05, 3.63) is 40.1 Å². The molecule has 3 N–H and O–H groups in total. The second kappa shape index (κ2) is 8.27. The molecule has 0 unspecified atom stereocenters. The average Bonchev–Trinajstić information content (AvgIpc) is 3.25. The highest BCUT2D eigenvalue weighted by Gasteiger charge is 2.66. The number of ketones is 1. The Hall–Kier alpha value is -2.99. The molecule has 0 bridgehead atoms. The largest absolute Gasteiger partial charge is 0.493 e. The number of carbonyl (C=O) groups excluding carboxylic acids is 2. The van der Waals surface area contributed by atoms with Crippen molar-refractivity contribution in [2.45, 2.75) is 17.9 Å². The summed E-state index contributed by atoms with van der Waals surface area (Å²) < 4.78 is 57.7. The van der Waals surface area contributed by atoms with Crippen LogP contribution in [0.2, 0.25) is 0 Å². The van der Waals surface area contributed by atoms with E-state index in [-0.39, 0.29) is 27.7 Å². The lowest BCUT2D eigenvalue weighted by molar-refractivity contribution is -0.287. The maximum atomic E-state index is 14.0. The third kappa shape index (κ3) is 3.76. The van der Waals surface area contributed by atoms with Crippen LogP contribution in [0.25, 0.3) is 0 Å². The standard InChI is InChI=1S/C19H19F3N2O6S/c1-28-10-7-6-9(15(29-2)16(10)30-3)13-12(14(25)11-5-4-8-31-11)18(27,19(20,21)22)24-17(26)23-13/h4-8,12-13,27H,1-3H3,(H2,23,24,26)/t12-,13-,18-/m0/s1. The number of carbonyl (C=O) groups is 2. The van der Waals surface area contributed by atoms with E-state index < -0.39 is 35.7 Å². The number of ether oxygens (including phenoxy) is 3. The SMILES string of the molecule is COc1ccc([C@@H]2NC(=O)N[C@@](O)(C(F)(F)F)[C@@H]2C(=O)c2cccs2)c(OC)c1OC. The van der Waals surface area contributed by atoms with E-state index in [0.29, 0.717) is 0 Å². The molecule has 3 atom stereocenters. The van der Waals surface area contributed by atoms with E-state index >= 15 is 0 Å². The smallest absolute Gasteiger partial charge is 0.437 e. The average molecular weight is 460 g/mol. The molecule has 2 aromatic rings. The zero-order valence-electron chi connectivity index (χ0n) is 16.6. The topological polar surface area (TPSA) is 106 Å². The van der Waals surface area contributed by atoms with Gasteiger partial charge < -0.3 is 30.0 Å². The van der Waals surface area contributed by atoms with Gasteiger partial charge in [0.15, 0.2) is 17.3 Å². The van der Waals surface area contributed by atoms with E-state index in [9.17, 15) is 27.9 Å². The highest BCUT2D eigenvalue weighted by atomic mass is 32.1. The minimum Gasteiger partial charge on any atom is -0.493 e. The molecule has 0 radical (unpaired) electrons. The van der Waals surface area contributed by atoms with E-state index in [0.717, 1.165) is 11.3 Å². The molecule has 0 saturated carbocycles. The van der Waals surface area contributed by atoms with Gasteiger partial charge in [-0.1, -0.05) is 6.07 Å². The van der Waals surface area contributed by atoms with Crippen LogP contribution < -0.4 is 24.8 Å². The Morgan fingerprint density at radius 3 is 2.32 bits per heavy atom. The molecule has 0 spiro atoms. The van der Waals surface area contributed by atoms with Crippen LogP contribution in [0.3, 0.4) is 0 Å². The summed E-state index contributed by atoms with van der Waals surface area (Å²) in [6.07, 6.45) is -5.36. The summed E-state index contributed by atoms with van der Waals surface area (Å²) in [7, 11) is 3.90. The number of methoxy groups -OCH3 is 3. The molecule has 1 saturated heterocycles. The molecule has 3 rings (SSSR count). The molecule has 1 aliphatic rings. The number of halogens is 3. The molecule has 0 aliphatic carbocycles. The summed E-state index contributed by atoms with van der Waals surface area (Å²) in [6, 6.07) is 2.64. The monoisotopic (exact) mass is 460 g/mol. The Morgan fingerprint density at radius 2 is 1.81 bits per heavy atom. The highest BCUT2D eigenvalue weighted by Crippen LogP contribution is 2.49. The van der Waals surface area contributed by atoms with Crippen LogP contribution in [-0.2, 0) is 0 Å². The lowest BCUT2D eigenvalue weighted by Gasteiger charge is -2.45. The number of hydrogen-bond donors (Lipinski definition) is 3. The lowest BCUT2D eigenvalue weighted by atomic mass is 9.78. The molecule has 8 nitrogen and oxygen atoms in total. The molecule has 1 fully saturated rings. The minimum atomic E-state index is -5.36. The molecular weight excluding hydrogens is 441 g/mol. The third-order valence-electron chi connectivity index (χ3n) is 4.92. The van der Waals surface area contributed by atoms with E-state index in [4.69, 9.17) is 14.2 Å². The van der Waals surface area contributed by atoms with Crippen molar-refractivity contribution in [1.29, 1.82) is 0 Å². The number of rotatable bonds is 6. The molecule has 31 heavy (non-hydrogen) atoms. The number of hydrogen-bond acceptors (Lipinski definition) is 7. The molecule has 1 aromatic carbocycles. The molecule has 2 heterocycles. The summed E-state index contributed by atoms with van der Waals surface area (Å²) in [5.74, 6) is -2.97. The first kappa shape index (κ1) is 22.7. The summed E-state index contributed by atoms with van der Waals surface area (Å²) in [5.41, 5.74) is -3.84. The van der Waals surface area contributed by atoms with E-state index in [1.165, 1.54) is 56.3 Å². The highest BCUT2D eigenvalue weighted by molar-refractivity contribution is 7.12. The summed E-state index contributed by atoms with van der Waals surface area (Å²) >= 11 is 0.913. The van der Waals surface area contributed by atoms with Gasteiger partial charge >= 0.3 is 12.2 Å². The fourth-order valence-electron chi connectivity index (χ4n) is 3.54. The fraction of sp³-hybridized carbons (Fsp3) is 0.368. The number of Topliss-reactive ketones (excluding diaryl/α,β-unsaturated/α-hetero) is 1. The summed E-state index contributed by atoms with van der Waals surface area (Å²) in [4.78, 5) is 25.3. The Balaban J connectivity index is 2.26. The van der Waals surface area contributed by atoms with Gasteiger partial charge in [0.25, 0.3) is 0 Å². The van der Waals surface area contributed by atoms with Crippen molar-refractivity contribution in [3.63, 3.8) is 0 Å². The van der Waals surface area contributed by atoms with Gasteiger partial charge in [-0.05, 0) is 23.6 Å². The zero-order chi connectivity index (χ0) is 23.0. The van der Waals surface area contributed by atoms with Crippen LogP contribution in [0.4, 0.5) is 18.0 Å². The number of thiophene rings is 1. The van der Waals surface area contributed by atoms with Crippen LogP contribution in [0, 0.1) is 5.92 Å². The van der Waals surface area contributed by atoms with Gasteiger partial charge in [0.1, 0.15) is 5.92 Å². The first-order valence-corrected chi connectivity index (χ1v) is 9.71. The van der Waals surface area contributed by atoms with Crippen molar-refractivity contribution in [3.8, 4) is 17.2 Å². The van der Waals surface area contributed by atoms with Crippen molar-refractivity contribution in [2.24, 2.45) is 5.92 Å². The number of aliphatic hydroxyl groups is 1. The zero-order valence-corrected chi connectivity index (χ0v) is 17.4. The van der Waals surface area contributed by atoms with Crippen LogP contribution in [0.5, 0.6) is 17.2 Å². The molecule has 1 aliphatic heterocycles. The minimum absolute atomic E-state index is 0.00687. The van der Waals surface area contributed by atoms with Gasteiger partial charge in [0, 0.05) is 5.56 Å². The predicted octanol–water partition coefficient (Wildman–Crippen LogP) is 2.88. The van der Waals surface area contributed by atoms with E-state index in [2.05, 4.69) is 5.32 Å². The number of urea groups is 1. The lowest BCUT2D eigenvalue weighted by Crippen LogP contribution is -2.72. The van der Waals surface area contributed by atoms with E-state index in [1.807, 2.05) is 0 Å². The van der Waals surface area contributed by atoms with E-state index in [1.54, 1.807) is 0 Å². The number of alkyl halides is 3. The first-order chi connectivity index (χ1) is 14.6. The van der Waals surface area contributed by atoms with Crippen LogP contribution in [0.1, 0.15) is 21.3 Å². The Labute approximate surface area is 178 Å². The Morgan fingerprint density at radius 1 is 1.13 bits per heavy atom. The molecule has 12 heteroatoms. The number of amides is 2. The van der Waals surface area contributed by atoms with Gasteiger partial charge in [0.2, 0.25) is 11.5 Å². The van der Waals surface area contributed by atoms with Crippen LogP contribution in [0.15, 0.2) is 29.6 Å². The van der Waals surface area contributed by atoms with Crippen molar-refractivity contribution >= 4 is 23.2 Å². The maximum absolute atomic E-state index is 14.0. The normalized spacial score (nSPS) is 23.5. The van der Waals surface area contributed by atoms with Crippen LogP contribution >= 0.6 is 11.3 Å².